The van der Waals surface area contributed by atoms with Crippen LogP contribution < -0.4 is 21.5 Å². The van der Waals surface area contributed by atoms with Gasteiger partial charge in [0.15, 0.2) is 5.65 Å². The van der Waals surface area contributed by atoms with E-state index in [0.29, 0.717) is 28.4 Å². The van der Waals surface area contributed by atoms with E-state index < -0.39 is 24.3 Å². The molecule has 200 valence electrons. The smallest absolute Gasteiger partial charge is 0.328 e. The molecule has 0 radical (unpaired) electrons. The molecule has 0 spiro atoms. The van der Waals surface area contributed by atoms with E-state index in [2.05, 4.69) is 25.9 Å². The highest BCUT2D eigenvalue weighted by atomic mass is 19.1. The van der Waals surface area contributed by atoms with Gasteiger partial charge in [-0.2, -0.15) is 0 Å². The first-order valence-corrected chi connectivity index (χ1v) is 13.2. The molecule has 3 aromatic rings. The maximum atomic E-state index is 14.5. The van der Waals surface area contributed by atoms with E-state index in [1.54, 1.807) is 23.7 Å². The van der Waals surface area contributed by atoms with Crippen molar-refractivity contribution < 1.29 is 18.7 Å². The van der Waals surface area contributed by atoms with Gasteiger partial charge in [-0.05, 0) is 37.3 Å². The minimum absolute atomic E-state index is 0.0200. The molecule has 4 aliphatic rings. The lowest BCUT2D eigenvalue weighted by Crippen LogP contribution is -2.43. The zero-order valence-electron chi connectivity index (χ0n) is 21.0. The van der Waals surface area contributed by atoms with Gasteiger partial charge in [0.05, 0.1) is 36.6 Å². The van der Waals surface area contributed by atoms with Gasteiger partial charge in [0.25, 0.3) is 5.56 Å². The summed E-state index contributed by atoms with van der Waals surface area (Å²) in [5, 5.41) is 9.21. The van der Waals surface area contributed by atoms with Gasteiger partial charge in [-0.1, -0.05) is 0 Å². The molecule has 38 heavy (non-hydrogen) atoms. The normalized spacial score (nSPS) is 30.5. The molecule has 12 heteroatoms. The lowest BCUT2D eigenvalue weighted by atomic mass is 10.0. The number of anilines is 3. The molecule has 3 aliphatic heterocycles. The SMILES string of the molecule is CNc1cc2nc3c1ncn3C(=O)N[C@@H]1C[C@@H](F)C[C@H]1OCc1cc(c(=O)n(C3CC4CCC(C3)O4)c1)N2. The Bertz CT molecular complexity index is 1460. The van der Waals surface area contributed by atoms with Crippen LogP contribution >= 0.6 is 0 Å². The number of hydrogen-bond acceptors (Lipinski definition) is 8. The highest BCUT2D eigenvalue weighted by Gasteiger charge is 2.38. The first-order valence-electron chi connectivity index (χ1n) is 13.2. The Morgan fingerprint density at radius 3 is 2.74 bits per heavy atom. The standard InChI is InChI=1S/C26H30FN7O4/c1-28-19-9-22-30-20-4-13(10-33(25(20)35)15-7-16-2-3-17(8-15)38-16)11-37-21-6-14(27)5-18(21)31-26(36)34-12-29-23(19)24(34)32-22/h4,9-10,12,14-18,21H,2-3,5-8,11H2,1H3,(H,31,36)(H2,28,30,32)/t14-,15?,16?,17?,18-,21-/m1/s1. The molecule has 5 atom stereocenters. The Balaban J connectivity index is 1.36. The number of amides is 1. The Hall–Kier alpha value is -3.51. The van der Waals surface area contributed by atoms with E-state index >= 15 is 0 Å². The van der Waals surface area contributed by atoms with E-state index in [1.165, 1.54) is 10.9 Å². The summed E-state index contributed by atoms with van der Waals surface area (Å²) in [4.78, 5) is 36.0. The van der Waals surface area contributed by atoms with Gasteiger partial charge >= 0.3 is 6.03 Å². The second kappa shape index (κ2) is 9.05. The number of alkyl halides is 1. The lowest BCUT2D eigenvalue weighted by molar-refractivity contribution is -0.0166. The van der Waals surface area contributed by atoms with Crippen LogP contribution in [0.15, 0.2) is 29.5 Å². The summed E-state index contributed by atoms with van der Waals surface area (Å²) in [6.45, 7) is 0.180. The summed E-state index contributed by atoms with van der Waals surface area (Å²) in [6.07, 6.45) is 5.99. The van der Waals surface area contributed by atoms with Crippen molar-refractivity contribution in [1.82, 2.24) is 24.4 Å². The average molecular weight is 524 g/mol. The molecule has 1 aliphatic carbocycles. The van der Waals surface area contributed by atoms with Crippen molar-refractivity contribution in [2.45, 2.75) is 81.7 Å². The molecule has 6 heterocycles. The Morgan fingerprint density at radius 1 is 1.13 bits per heavy atom. The zero-order valence-corrected chi connectivity index (χ0v) is 21.0. The van der Waals surface area contributed by atoms with Crippen LogP contribution in [-0.4, -0.2) is 62.7 Å². The summed E-state index contributed by atoms with van der Waals surface area (Å²) in [6, 6.07) is 2.59. The number of carbonyl (C=O) groups excluding carboxylic acids is 1. The van der Waals surface area contributed by atoms with Crippen LogP contribution in [0.1, 0.15) is 50.1 Å². The van der Waals surface area contributed by atoms with Crippen molar-refractivity contribution in [3.8, 4) is 0 Å². The molecule has 3 N–H and O–H groups in total. The number of nitrogens with one attached hydrogen (secondary N) is 3. The van der Waals surface area contributed by atoms with Gasteiger partial charge < -0.3 is 30.0 Å². The van der Waals surface area contributed by atoms with Gasteiger partial charge in [-0.25, -0.2) is 23.7 Å². The second-order valence-electron chi connectivity index (χ2n) is 10.7. The van der Waals surface area contributed by atoms with Crippen LogP contribution in [0, 0.1) is 0 Å². The van der Waals surface area contributed by atoms with Gasteiger partial charge in [-0.15, -0.1) is 0 Å². The lowest BCUT2D eigenvalue weighted by Gasteiger charge is -2.30. The number of hydrogen-bond donors (Lipinski definition) is 3. The van der Waals surface area contributed by atoms with Crippen LogP contribution in [-0.2, 0) is 16.1 Å². The van der Waals surface area contributed by atoms with Crippen molar-refractivity contribution in [2.24, 2.45) is 0 Å². The Morgan fingerprint density at radius 2 is 1.95 bits per heavy atom. The molecule has 11 nitrogen and oxygen atoms in total. The summed E-state index contributed by atoms with van der Waals surface area (Å²) < 4.78 is 29.8. The van der Waals surface area contributed by atoms with E-state index in [4.69, 9.17) is 9.47 Å². The number of aromatic nitrogens is 4. The largest absolute Gasteiger partial charge is 0.386 e. The van der Waals surface area contributed by atoms with E-state index in [1.807, 2.05) is 6.20 Å². The summed E-state index contributed by atoms with van der Waals surface area (Å²) in [7, 11) is 1.75. The van der Waals surface area contributed by atoms with Crippen LogP contribution in [0.3, 0.4) is 0 Å². The minimum Gasteiger partial charge on any atom is -0.386 e. The molecular formula is C26H30FN7O4. The molecule has 3 fully saturated rings. The third-order valence-electron chi connectivity index (χ3n) is 8.23. The number of fused-ring (bicyclic) bond motifs is 6. The summed E-state index contributed by atoms with van der Waals surface area (Å²) in [5.74, 6) is 0.393. The van der Waals surface area contributed by atoms with Crippen LogP contribution in [0.5, 0.6) is 0 Å². The number of ether oxygens (including phenoxy) is 2. The summed E-state index contributed by atoms with van der Waals surface area (Å²) in [5.41, 5.74) is 2.46. The van der Waals surface area contributed by atoms with Gasteiger partial charge in [0, 0.05) is 38.2 Å². The fraction of sp³-hybridized carbons (Fsp3) is 0.538. The van der Waals surface area contributed by atoms with Crippen molar-refractivity contribution in [1.29, 1.82) is 0 Å². The van der Waals surface area contributed by atoms with E-state index in [9.17, 15) is 14.0 Å². The molecule has 6 bridgehead atoms. The highest BCUT2D eigenvalue weighted by Crippen LogP contribution is 2.38. The van der Waals surface area contributed by atoms with Gasteiger partial charge in [0.1, 0.15) is 29.5 Å². The second-order valence-corrected chi connectivity index (χ2v) is 10.7. The number of halogens is 1. The van der Waals surface area contributed by atoms with Crippen LogP contribution in [0.25, 0.3) is 11.2 Å². The Kier molecular flexibility index (Phi) is 5.62. The average Bonchev–Trinajstić information content (AvgIpc) is 3.59. The number of carbonyl (C=O) groups is 1. The van der Waals surface area contributed by atoms with Crippen molar-refractivity contribution in [3.05, 3.63) is 40.6 Å². The molecule has 0 aromatic carbocycles. The first-order chi connectivity index (χ1) is 18.4. The van der Waals surface area contributed by atoms with Crippen molar-refractivity contribution in [3.63, 3.8) is 0 Å². The van der Waals surface area contributed by atoms with E-state index in [0.717, 1.165) is 31.2 Å². The zero-order chi connectivity index (χ0) is 26.0. The van der Waals surface area contributed by atoms with Crippen LogP contribution in [0.4, 0.5) is 26.4 Å². The third-order valence-corrected chi connectivity index (χ3v) is 8.23. The fourth-order valence-electron chi connectivity index (χ4n) is 6.40. The molecule has 7 rings (SSSR count). The van der Waals surface area contributed by atoms with Crippen molar-refractivity contribution >= 4 is 34.4 Å². The first kappa shape index (κ1) is 23.6. The monoisotopic (exact) mass is 523 g/mol. The number of imidazole rings is 1. The molecular weight excluding hydrogens is 493 g/mol. The number of rotatable bonds is 2. The highest BCUT2D eigenvalue weighted by molar-refractivity contribution is 5.94. The molecule has 2 saturated heterocycles. The predicted molar refractivity (Wildman–Crippen MR) is 138 cm³/mol. The van der Waals surface area contributed by atoms with E-state index in [-0.39, 0.29) is 43.3 Å². The maximum Gasteiger partial charge on any atom is 0.328 e. The summed E-state index contributed by atoms with van der Waals surface area (Å²) >= 11 is 0. The fourth-order valence-corrected chi connectivity index (χ4v) is 6.40. The Labute approximate surface area is 217 Å². The molecule has 3 aromatic heterocycles. The number of pyridine rings is 2. The minimum atomic E-state index is -1.08. The van der Waals surface area contributed by atoms with Crippen LogP contribution in [0.2, 0.25) is 0 Å². The predicted octanol–water partition coefficient (Wildman–Crippen LogP) is 3.22. The maximum absolute atomic E-state index is 14.5. The molecule has 1 saturated carbocycles. The van der Waals surface area contributed by atoms with Gasteiger partial charge in [0.2, 0.25) is 0 Å². The van der Waals surface area contributed by atoms with Crippen molar-refractivity contribution in [2.75, 3.05) is 17.7 Å². The topological polar surface area (TPSA) is 124 Å². The molecule has 1 amide bonds. The molecule has 2 unspecified atom stereocenters. The third kappa shape index (κ3) is 4.02. The quantitative estimate of drug-likeness (QED) is 0.468. The number of nitrogens with zero attached hydrogens (tertiary/aromatic N) is 4. The van der Waals surface area contributed by atoms with Gasteiger partial charge in [-0.3, -0.25) is 4.79 Å².